The van der Waals surface area contributed by atoms with Crippen molar-refractivity contribution >= 4 is 29.6 Å². The van der Waals surface area contributed by atoms with E-state index in [1.165, 1.54) is 5.57 Å². The Morgan fingerprint density at radius 3 is 2.77 bits per heavy atom. The van der Waals surface area contributed by atoms with Crippen molar-refractivity contribution in [3.05, 3.63) is 36.1 Å². The molecular formula is C25H34N8O2. The van der Waals surface area contributed by atoms with E-state index >= 15 is 0 Å². The zero-order chi connectivity index (χ0) is 24.4. The smallest absolute Gasteiger partial charge is 0.274 e. The van der Waals surface area contributed by atoms with E-state index in [1.54, 1.807) is 16.9 Å². The van der Waals surface area contributed by atoms with Crippen molar-refractivity contribution in [2.45, 2.75) is 37.9 Å². The summed E-state index contributed by atoms with van der Waals surface area (Å²) in [5, 5.41) is 10.1. The fourth-order valence-corrected chi connectivity index (χ4v) is 5.21. The van der Waals surface area contributed by atoms with Crippen LogP contribution in [0.25, 0.3) is 0 Å². The summed E-state index contributed by atoms with van der Waals surface area (Å²) in [6, 6.07) is 2.17. The summed E-state index contributed by atoms with van der Waals surface area (Å²) in [6.45, 7) is 7.32. The molecule has 0 saturated carbocycles. The number of nitrogens with zero attached hydrogens (tertiary/aromatic N) is 6. The summed E-state index contributed by atoms with van der Waals surface area (Å²) < 4.78 is 1.65. The minimum atomic E-state index is -0.229. The highest BCUT2D eigenvalue weighted by molar-refractivity contribution is 6.47. The molecule has 2 saturated heterocycles. The van der Waals surface area contributed by atoms with Crippen LogP contribution in [-0.2, 0) is 16.6 Å². The van der Waals surface area contributed by atoms with E-state index in [4.69, 9.17) is 4.99 Å². The Morgan fingerprint density at radius 2 is 2.09 bits per heavy atom. The number of aromatic nitrogens is 2. The van der Waals surface area contributed by atoms with Gasteiger partial charge in [0, 0.05) is 70.2 Å². The highest BCUT2D eigenvalue weighted by Gasteiger charge is 2.35. The van der Waals surface area contributed by atoms with E-state index in [0.717, 1.165) is 45.6 Å². The Hall–Kier alpha value is -3.11. The lowest BCUT2D eigenvalue weighted by Crippen LogP contribution is -2.53. The van der Waals surface area contributed by atoms with Crippen LogP contribution < -0.4 is 10.6 Å². The summed E-state index contributed by atoms with van der Waals surface area (Å²) >= 11 is 0. The van der Waals surface area contributed by atoms with Gasteiger partial charge in [-0.25, -0.2) is 0 Å². The number of piperazine rings is 1. The fourth-order valence-electron chi connectivity index (χ4n) is 5.21. The summed E-state index contributed by atoms with van der Waals surface area (Å²) in [7, 11) is 1.81. The van der Waals surface area contributed by atoms with Crippen LogP contribution >= 0.6 is 0 Å². The first-order valence-electron chi connectivity index (χ1n) is 12.5. The highest BCUT2D eigenvalue weighted by atomic mass is 16.2. The summed E-state index contributed by atoms with van der Waals surface area (Å²) in [4.78, 5) is 38.8. The molecule has 0 bridgehead atoms. The molecule has 1 aromatic rings. The van der Waals surface area contributed by atoms with Gasteiger partial charge in [0.25, 0.3) is 5.91 Å². The second-order valence-electron chi connectivity index (χ2n) is 9.76. The van der Waals surface area contributed by atoms with Gasteiger partial charge >= 0.3 is 0 Å². The Labute approximate surface area is 205 Å². The van der Waals surface area contributed by atoms with Crippen molar-refractivity contribution < 1.29 is 9.59 Å². The van der Waals surface area contributed by atoms with Gasteiger partial charge in [0.1, 0.15) is 5.71 Å². The number of carbonyl (C=O) groups is 2. The first kappa shape index (κ1) is 23.6. The monoisotopic (exact) mass is 478 g/mol. The molecule has 5 rings (SSSR count). The molecule has 1 aromatic heterocycles. The van der Waals surface area contributed by atoms with Crippen LogP contribution in [0.3, 0.4) is 0 Å². The maximum atomic E-state index is 12.4. The molecule has 2 fully saturated rings. The molecule has 10 heteroatoms. The number of hydrogen-bond acceptors (Lipinski definition) is 7. The van der Waals surface area contributed by atoms with Gasteiger partial charge in [-0.15, -0.1) is 0 Å². The van der Waals surface area contributed by atoms with E-state index in [0.29, 0.717) is 18.1 Å². The third-order valence-electron chi connectivity index (χ3n) is 7.33. The van der Waals surface area contributed by atoms with Crippen molar-refractivity contribution in [3.8, 4) is 0 Å². The van der Waals surface area contributed by atoms with Crippen molar-refractivity contribution in [2.24, 2.45) is 23.0 Å². The highest BCUT2D eigenvalue weighted by Crippen LogP contribution is 2.25. The van der Waals surface area contributed by atoms with Crippen LogP contribution in [0.4, 0.5) is 5.82 Å². The molecule has 4 atom stereocenters. The van der Waals surface area contributed by atoms with Gasteiger partial charge in [0.2, 0.25) is 5.91 Å². The minimum absolute atomic E-state index is 0.0286. The van der Waals surface area contributed by atoms with Gasteiger partial charge in [-0.2, -0.15) is 5.10 Å². The van der Waals surface area contributed by atoms with Gasteiger partial charge in [-0.05, 0) is 24.5 Å². The molecule has 0 aliphatic carbocycles. The summed E-state index contributed by atoms with van der Waals surface area (Å²) in [6.07, 6.45) is 11.6. The fraction of sp³-hybridized carbons (Fsp3) is 0.560. The number of nitrogens with one attached hydrogen (secondary N) is 2. The lowest BCUT2D eigenvalue weighted by Gasteiger charge is -2.39. The number of amides is 2. The average molecular weight is 479 g/mol. The number of piperidine rings is 1. The first-order chi connectivity index (χ1) is 17.0. The number of aryl methyl sites for hydroxylation is 1. The quantitative estimate of drug-likeness (QED) is 0.624. The molecule has 0 spiro atoms. The van der Waals surface area contributed by atoms with E-state index < -0.39 is 0 Å². The van der Waals surface area contributed by atoms with Crippen molar-refractivity contribution in [3.63, 3.8) is 0 Å². The molecule has 4 aliphatic rings. The maximum absolute atomic E-state index is 12.4. The Morgan fingerprint density at radius 1 is 1.26 bits per heavy atom. The second kappa shape index (κ2) is 10.2. The van der Waals surface area contributed by atoms with Crippen LogP contribution in [0.2, 0.25) is 0 Å². The largest absolute Gasteiger partial charge is 0.347 e. The lowest BCUT2D eigenvalue weighted by molar-refractivity contribution is -0.127. The number of hydrogen-bond donors (Lipinski definition) is 2. The molecule has 186 valence electrons. The van der Waals surface area contributed by atoms with Crippen LogP contribution in [0.15, 0.2) is 46.0 Å². The standard InChI is InChI=1S/C25H34N8O2/c1-3-18-13-21-22(28-24(18)34)12-17(14-26-21)16-32-8-10-33(11-9-32)19-4-5-20(27-15-19)25(35)29-23-6-7-31(2)30-23/h4-7,12,14,18-19,21-22H,3,8-11,13,15-16H2,1-2H3,(H,28,34)(H,29,30,35). The zero-order valence-corrected chi connectivity index (χ0v) is 20.4. The van der Waals surface area contributed by atoms with Crippen LogP contribution in [-0.4, -0.2) is 101 Å². The molecule has 0 radical (unpaired) electrons. The molecule has 10 nitrogen and oxygen atoms in total. The summed E-state index contributed by atoms with van der Waals surface area (Å²) in [5.74, 6) is 0.542. The van der Waals surface area contributed by atoms with Crippen LogP contribution in [0.5, 0.6) is 0 Å². The molecule has 35 heavy (non-hydrogen) atoms. The third-order valence-corrected chi connectivity index (χ3v) is 7.33. The van der Waals surface area contributed by atoms with Gasteiger partial charge < -0.3 is 10.6 Å². The number of fused-ring (bicyclic) bond motifs is 1. The number of aliphatic imine (C=N–C) groups is 2. The predicted octanol–water partition coefficient (Wildman–Crippen LogP) is 0.650. The van der Waals surface area contributed by atoms with Gasteiger partial charge in [-0.3, -0.25) is 34.1 Å². The lowest BCUT2D eigenvalue weighted by atomic mass is 9.86. The molecule has 4 aliphatic heterocycles. The summed E-state index contributed by atoms with van der Waals surface area (Å²) in [5.41, 5.74) is 1.62. The first-order valence-corrected chi connectivity index (χ1v) is 12.5. The van der Waals surface area contributed by atoms with Crippen molar-refractivity contribution in [1.29, 1.82) is 0 Å². The number of anilines is 1. The molecule has 0 aromatic carbocycles. The number of dihydropyridines is 2. The normalized spacial score (nSPS) is 29.3. The van der Waals surface area contributed by atoms with Crippen LogP contribution in [0, 0.1) is 5.92 Å². The van der Waals surface area contributed by atoms with E-state index in [-0.39, 0.29) is 35.9 Å². The topological polar surface area (TPSA) is 107 Å². The molecule has 5 heterocycles. The zero-order valence-electron chi connectivity index (χ0n) is 20.4. The van der Waals surface area contributed by atoms with Gasteiger partial charge in [0.15, 0.2) is 5.82 Å². The predicted molar refractivity (Wildman–Crippen MR) is 136 cm³/mol. The number of rotatable bonds is 6. The Balaban J connectivity index is 1.08. The van der Waals surface area contributed by atoms with Gasteiger partial charge in [0.05, 0.1) is 18.6 Å². The van der Waals surface area contributed by atoms with E-state index in [9.17, 15) is 9.59 Å². The Bertz CT molecular complexity index is 1080. The van der Waals surface area contributed by atoms with E-state index in [2.05, 4.69) is 49.6 Å². The van der Waals surface area contributed by atoms with Crippen LogP contribution in [0.1, 0.15) is 19.8 Å². The Kier molecular flexibility index (Phi) is 6.92. The van der Waals surface area contributed by atoms with E-state index in [1.807, 2.05) is 19.3 Å². The number of carbonyl (C=O) groups excluding carboxylic acids is 2. The molecule has 2 N–H and O–H groups in total. The minimum Gasteiger partial charge on any atom is -0.347 e. The molecular weight excluding hydrogens is 444 g/mol. The molecule has 2 amide bonds. The average Bonchev–Trinajstić information content (AvgIpc) is 3.28. The van der Waals surface area contributed by atoms with Gasteiger partial charge in [-0.1, -0.05) is 19.1 Å². The third kappa shape index (κ3) is 5.43. The van der Waals surface area contributed by atoms with Crippen molar-refractivity contribution in [2.75, 3.05) is 44.6 Å². The molecule has 4 unspecified atom stereocenters. The second-order valence-corrected chi connectivity index (χ2v) is 9.76. The van der Waals surface area contributed by atoms with Crippen molar-refractivity contribution in [1.82, 2.24) is 24.9 Å². The SMILES string of the molecule is CCC1CC2N=CC(CN3CCN(C4C=CC(C(=O)Nc5ccn(C)n5)=NC4)CC3)=CC2NC1=O. The maximum Gasteiger partial charge on any atom is 0.274 e.